The summed E-state index contributed by atoms with van der Waals surface area (Å²) in [6, 6.07) is 11.1. The van der Waals surface area contributed by atoms with Crippen LogP contribution in [0.3, 0.4) is 0 Å². The largest absolute Gasteiger partial charge is 0.507 e. The van der Waals surface area contributed by atoms with Crippen LogP contribution in [0.5, 0.6) is 17.2 Å². The van der Waals surface area contributed by atoms with Crippen LogP contribution in [-0.2, 0) is 6.42 Å². The van der Waals surface area contributed by atoms with Crippen molar-refractivity contribution in [1.29, 1.82) is 0 Å². The van der Waals surface area contributed by atoms with Crippen molar-refractivity contribution in [2.75, 3.05) is 0 Å². The first-order valence-corrected chi connectivity index (χ1v) is 11.8. The molecule has 5 heteroatoms. The normalized spacial score (nSPS) is 11.1. The molecule has 0 aliphatic heterocycles. The third kappa shape index (κ3) is 3.85. The Morgan fingerprint density at radius 1 is 0.824 bits per heavy atom. The lowest BCUT2D eigenvalue weighted by atomic mass is 9.85. The van der Waals surface area contributed by atoms with Gasteiger partial charge >= 0.3 is 0 Å². The Hall–Kier alpha value is -3.60. The molecule has 0 saturated heterocycles. The summed E-state index contributed by atoms with van der Waals surface area (Å²) in [6.45, 7) is 13.7. The molecular weight excluding hydrogens is 426 g/mol. The fraction of sp³-hybridized carbons (Fsp3) is 0.310. The van der Waals surface area contributed by atoms with Gasteiger partial charge in [-0.2, -0.15) is 0 Å². The van der Waals surface area contributed by atoms with E-state index in [0.29, 0.717) is 27.5 Å². The van der Waals surface area contributed by atoms with E-state index in [4.69, 9.17) is 0 Å². The zero-order valence-electron chi connectivity index (χ0n) is 20.9. The van der Waals surface area contributed by atoms with Crippen LogP contribution in [0, 0.1) is 18.8 Å². The topological polar surface area (TPSA) is 90.1 Å². The number of nitroso groups, excluding NO2 is 1. The highest BCUT2D eigenvalue weighted by atomic mass is 16.3. The number of rotatable bonds is 4. The van der Waals surface area contributed by atoms with Crippen molar-refractivity contribution in [3.63, 3.8) is 0 Å². The first kappa shape index (κ1) is 25.0. The van der Waals surface area contributed by atoms with Crippen LogP contribution < -0.4 is 0 Å². The van der Waals surface area contributed by atoms with E-state index in [-0.39, 0.29) is 28.9 Å². The zero-order chi connectivity index (χ0) is 25.3. The van der Waals surface area contributed by atoms with Gasteiger partial charge in [0.05, 0.1) is 0 Å². The summed E-state index contributed by atoms with van der Waals surface area (Å²) in [4.78, 5) is 12.2. The fourth-order valence-corrected chi connectivity index (χ4v) is 4.87. The summed E-state index contributed by atoms with van der Waals surface area (Å²) < 4.78 is 0. The minimum absolute atomic E-state index is 0.0855. The molecule has 4 aromatic rings. The van der Waals surface area contributed by atoms with Gasteiger partial charge in [0, 0.05) is 27.5 Å². The summed E-state index contributed by atoms with van der Waals surface area (Å²) in [7, 11) is 0. The predicted molar refractivity (Wildman–Crippen MR) is 142 cm³/mol. The molecule has 0 radical (unpaired) electrons. The van der Waals surface area contributed by atoms with E-state index in [0.717, 1.165) is 33.9 Å². The van der Waals surface area contributed by atoms with Crippen molar-refractivity contribution in [1.82, 2.24) is 0 Å². The monoisotopic (exact) mass is 459 g/mol. The third-order valence-corrected chi connectivity index (χ3v) is 6.35. The molecule has 178 valence electrons. The molecule has 3 N–H and O–H groups in total. The van der Waals surface area contributed by atoms with Crippen LogP contribution in [0.1, 0.15) is 62.8 Å². The number of aryl methyl sites for hydroxylation is 3. The Morgan fingerprint density at radius 3 is 2.03 bits per heavy atom. The molecule has 0 fully saturated rings. The fourth-order valence-electron chi connectivity index (χ4n) is 4.87. The number of benzene rings is 4. The van der Waals surface area contributed by atoms with Gasteiger partial charge in [0.25, 0.3) is 0 Å². The maximum atomic E-state index is 12.2. The van der Waals surface area contributed by atoms with E-state index in [2.05, 4.69) is 12.1 Å². The molecule has 0 aliphatic rings. The van der Waals surface area contributed by atoms with Gasteiger partial charge in [0.2, 0.25) is 0 Å². The van der Waals surface area contributed by atoms with Gasteiger partial charge in [0.15, 0.2) is 11.5 Å². The second-order valence-corrected chi connectivity index (χ2v) is 8.70. The molecule has 0 atom stereocenters. The quantitative estimate of drug-likeness (QED) is 0.211. The van der Waals surface area contributed by atoms with Crippen LogP contribution in [0.2, 0.25) is 0 Å². The first-order chi connectivity index (χ1) is 16.2. The molecule has 4 rings (SSSR count). The molecule has 0 aromatic heterocycles. The van der Waals surface area contributed by atoms with Gasteiger partial charge in [-0.25, -0.2) is 0 Å². The van der Waals surface area contributed by atoms with E-state index >= 15 is 0 Å². The number of hydrogen-bond donors (Lipinski definition) is 3. The van der Waals surface area contributed by atoms with Crippen molar-refractivity contribution in [2.24, 2.45) is 5.18 Å². The Morgan fingerprint density at radius 2 is 1.44 bits per heavy atom. The second-order valence-electron chi connectivity index (χ2n) is 8.70. The molecule has 0 aliphatic carbocycles. The van der Waals surface area contributed by atoms with Crippen molar-refractivity contribution in [2.45, 2.75) is 60.8 Å². The summed E-state index contributed by atoms with van der Waals surface area (Å²) in [5, 5.41) is 38.3. The Labute approximate surface area is 200 Å². The summed E-state index contributed by atoms with van der Waals surface area (Å²) in [6.07, 6.45) is 0.840. The van der Waals surface area contributed by atoms with Crippen molar-refractivity contribution < 1.29 is 15.3 Å². The highest BCUT2D eigenvalue weighted by Crippen LogP contribution is 2.50. The van der Waals surface area contributed by atoms with Gasteiger partial charge in [-0.15, -0.1) is 4.91 Å². The van der Waals surface area contributed by atoms with Crippen molar-refractivity contribution in [3.8, 4) is 28.4 Å². The first-order valence-electron chi connectivity index (χ1n) is 11.8. The Balaban J connectivity index is 0.00000158. The van der Waals surface area contributed by atoms with Crippen LogP contribution in [-0.4, -0.2) is 15.3 Å². The highest BCUT2D eigenvalue weighted by molar-refractivity contribution is 6.08. The molecule has 34 heavy (non-hydrogen) atoms. The maximum Gasteiger partial charge on any atom is 0.161 e. The number of phenolic OH excluding ortho intramolecular Hbond substituents is 3. The molecule has 0 bridgehead atoms. The summed E-state index contributed by atoms with van der Waals surface area (Å²) in [5.41, 5.74) is 4.51. The molecule has 0 heterocycles. The van der Waals surface area contributed by atoms with E-state index in [1.807, 2.05) is 71.9 Å². The molecular formula is C29H33NO4. The van der Waals surface area contributed by atoms with Gasteiger partial charge in [-0.1, -0.05) is 65.0 Å². The standard InChI is InChI=1S/C27H27NO4.C2H6/c1-6-16-8-7-9-17-18(16)10-15(5)24(26(17)30)23-14(4)11-19-20(25(23)28-32)12-21(29)27(31)22(19)13(2)3;1-2/h7-13,29-31H,6H2,1-5H3;1-2H3. The number of nitrogens with zero attached hydrogens (tertiary/aromatic N) is 1. The maximum absolute atomic E-state index is 12.2. The average molecular weight is 460 g/mol. The zero-order valence-corrected chi connectivity index (χ0v) is 20.9. The molecule has 5 nitrogen and oxygen atoms in total. The number of aromatic hydroxyl groups is 3. The minimum atomic E-state index is -0.298. The lowest BCUT2D eigenvalue weighted by molar-refractivity contribution is 0.399. The van der Waals surface area contributed by atoms with Gasteiger partial charge < -0.3 is 15.3 Å². The van der Waals surface area contributed by atoms with Crippen LogP contribution >= 0.6 is 0 Å². The Kier molecular flexibility index (Phi) is 7.15. The van der Waals surface area contributed by atoms with E-state index in [9.17, 15) is 20.2 Å². The van der Waals surface area contributed by atoms with E-state index in [1.165, 1.54) is 6.07 Å². The van der Waals surface area contributed by atoms with Crippen LogP contribution in [0.25, 0.3) is 32.7 Å². The smallest absolute Gasteiger partial charge is 0.161 e. The molecule has 4 aromatic carbocycles. The molecule has 0 spiro atoms. The number of fused-ring (bicyclic) bond motifs is 2. The van der Waals surface area contributed by atoms with Crippen molar-refractivity contribution >= 4 is 27.2 Å². The number of hydrogen-bond acceptors (Lipinski definition) is 5. The van der Waals surface area contributed by atoms with E-state index < -0.39 is 0 Å². The lowest BCUT2D eigenvalue weighted by Crippen LogP contribution is -1.96. The molecule has 0 unspecified atom stereocenters. The summed E-state index contributed by atoms with van der Waals surface area (Å²) >= 11 is 0. The predicted octanol–water partition coefficient (Wildman–Crippen LogP) is 8.50. The summed E-state index contributed by atoms with van der Waals surface area (Å²) in [5.74, 6) is -0.464. The van der Waals surface area contributed by atoms with E-state index in [1.54, 1.807) is 0 Å². The molecule has 0 saturated carbocycles. The average Bonchev–Trinajstić information content (AvgIpc) is 2.81. The third-order valence-electron chi connectivity index (χ3n) is 6.35. The van der Waals surface area contributed by atoms with Gasteiger partial charge in [-0.3, -0.25) is 0 Å². The highest BCUT2D eigenvalue weighted by Gasteiger charge is 2.24. The molecule has 0 amide bonds. The van der Waals surface area contributed by atoms with Crippen molar-refractivity contribution in [3.05, 3.63) is 63.6 Å². The van der Waals surface area contributed by atoms with Gasteiger partial charge in [-0.05, 0) is 64.9 Å². The lowest BCUT2D eigenvalue weighted by Gasteiger charge is -2.20. The minimum Gasteiger partial charge on any atom is -0.507 e. The number of phenols is 3. The van der Waals surface area contributed by atoms with Gasteiger partial charge in [0.1, 0.15) is 11.4 Å². The van der Waals surface area contributed by atoms with Crippen LogP contribution in [0.4, 0.5) is 5.69 Å². The second kappa shape index (κ2) is 9.72. The SMILES string of the molecule is CC.CCc1cccc2c(O)c(-c3c(C)cc4c(C(C)C)c(O)c(O)cc4c3N=O)c(C)cc12. The van der Waals surface area contributed by atoms with Crippen LogP contribution in [0.15, 0.2) is 41.6 Å². The Bertz CT molecular complexity index is 1400.